The highest BCUT2D eigenvalue weighted by Gasteiger charge is 2.65. The molecule has 3 aliphatic carbocycles. The number of nitrogens with zero attached hydrogens (tertiary/aromatic N) is 2. The lowest BCUT2D eigenvalue weighted by Crippen LogP contribution is -2.70. The van der Waals surface area contributed by atoms with E-state index in [-0.39, 0.29) is 81.5 Å². The summed E-state index contributed by atoms with van der Waals surface area (Å²) in [6.07, 6.45) is 10.6. The molecule has 1 aliphatic heterocycles. The summed E-state index contributed by atoms with van der Waals surface area (Å²) in [6, 6.07) is 4.59. The molecule has 0 radical (unpaired) electrons. The Labute approximate surface area is 277 Å². The molecule has 4 N–H and O–H groups in total. The molecule has 0 bridgehead atoms. The summed E-state index contributed by atoms with van der Waals surface area (Å²) in [4.78, 5) is 21.4. The SMILES string of the molecule is C=CCO[C@@]12Oc3ccc(O)cc3[C@H]3[C@H](CCCCO)[C@@H](CCCCO)C=C(C(=NOC)C[C@@H]1N(CCOCCO)C(=O)C1CC1)[C@H]32. The third kappa shape index (κ3) is 7.54. The normalized spacial score (nSPS) is 28.6. The highest BCUT2D eigenvalue weighted by atomic mass is 16.7. The van der Waals surface area contributed by atoms with Crippen LogP contribution >= 0.6 is 0 Å². The number of aliphatic hydroxyl groups excluding tert-OH is 3. The van der Waals surface area contributed by atoms with Crippen LogP contribution in [0.3, 0.4) is 0 Å². The molecule has 1 amide bonds. The van der Waals surface area contributed by atoms with E-state index in [9.17, 15) is 25.2 Å². The summed E-state index contributed by atoms with van der Waals surface area (Å²) >= 11 is 0. The van der Waals surface area contributed by atoms with Crippen LogP contribution in [-0.4, -0.2) is 102 Å². The van der Waals surface area contributed by atoms with Crippen LogP contribution in [-0.2, 0) is 19.1 Å². The van der Waals surface area contributed by atoms with Gasteiger partial charge in [0.2, 0.25) is 11.7 Å². The van der Waals surface area contributed by atoms with E-state index in [4.69, 9.17) is 19.0 Å². The first-order chi connectivity index (χ1) is 22.9. The van der Waals surface area contributed by atoms with Crippen molar-refractivity contribution in [3.05, 3.63) is 48.1 Å². The van der Waals surface area contributed by atoms with Gasteiger partial charge in [0.05, 0.1) is 38.1 Å². The van der Waals surface area contributed by atoms with Crippen molar-refractivity contribution in [3.8, 4) is 11.5 Å². The summed E-state index contributed by atoms with van der Waals surface area (Å²) in [5, 5.41) is 44.0. The Hall–Kier alpha value is -2.96. The van der Waals surface area contributed by atoms with Crippen LogP contribution in [0, 0.1) is 23.7 Å². The Balaban J connectivity index is 1.71. The van der Waals surface area contributed by atoms with Gasteiger partial charge in [-0.25, -0.2) is 0 Å². The Morgan fingerprint density at radius 3 is 2.55 bits per heavy atom. The van der Waals surface area contributed by atoms with Crippen LogP contribution in [0.25, 0.3) is 0 Å². The molecule has 2 saturated carbocycles. The highest BCUT2D eigenvalue weighted by Crippen LogP contribution is 2.62. The Morgan fingerprint density at radius 1 is 1.11 bits per heavy atom. The summed E-state index contributed by atoms with van der Waals surface area (Å²) in [5.41, 5.74) is 2.56. The topological polar surface area (TPSA) is 151 Å². The van der Waals surface area contributed by atoms with E-state index >= 15 is 0 Å². The monoisotopic (exact) mass is 656 g/mol. The number of carbonyl (C=O) groups excluding carboxylic acids is 1. The molecule has 11 heteroatoms. The lowest BCUT2D eigenvalue weighted by atomic mass is 9.55. The second-order valence-corrected chi connectivity index (χ2v) is 13.1. The molecule has 0 spiro atoms. The van der Waals surface area contributed by atoms with Crippen LogP contribution in [0.4, 0.5) is 0 Å². The minimum atomic E-state index is -1.33. The smallest absolute Gasteiger partial charge is 0.239 e. The summed E-state index contributed by atoms with van der Waals surface area (Å²) in [6.45, 7) is 4.93. The fourth-order valence-electron chi connectivity index (χ4n) is 8.08. The minimum absolute atomic E-state index is 0.0159. The number of phenols is 1. The zero-order chi connectivity index (χ0) is 33.4. The minimum Gasteiger partial charge on any atom is -0.508 e. The van der Waals surface area contributed by atoms with E-state index in [0.717, 1.165) is 55.4 Å². The number of fused-ring (bicyclic) bond motifs is 2. The lowest BCUT2D eigenvalue weighted by molar-refractivity contribution is -0.258. The molecule has 1 aromatic rings. The van der Waals surface area contributed by atoms with Crippen molar-refractivity contribution in [2.75, 3.05) is 53.3 Å². The fraction of sp³-hybridized carbons (Fsp3) is 0.667. The molecule has 11 nitrogen and oxygen atoms in total. The molecule has 0 unspecified atom stereocenters. The molecule has 6 atom stereocenters. The van der Waals surface area contributed by atoms with Gasteiger partial charge in [-0.3, -0.25) is 4.79 Å². The molecule has 260 valence electrons. The number of ether oxygens (including phenoxy) is 3. The first kappa shape index (κ1) is 35.3. The molecule has 0 aromatic heterocycles. The van der Waals surface area contributed by atoms with Gasteiger partial charge in [0, 0.05) is 43.6 Å². The third-order valence-corrected chi connectivity index (χ3v) is 10.2. The van der Waals surface area contributed by atoms with Gasteiger partial charge in [0.1, 0.15) is 24.7 Å². The van der Waals surface area contributed by atoms with E-state index in [2.05, 4.69) is 17.8 Å². The number of allylic oxidation sites excluding steroid dienone is 1. The van der Waals surface area contributed by atoms with E-state index in [1.165, 1.54) is 7.11 Å². The number of phenolic OH excluding ortho intramolecular Hbond substituents is 1. The van der Waals surface area contributed by atoms with Crippen molar-refractivity contribution in [2.24, 2.45) is 28.8 Å². The molecule has 2 fully saturated rings. The average molecular weight is 657 g/mol. The number of unbranched alkanes of at least 4 members (excludes halogenated alkanes) is 2. The predicted molar refractivity (Wildman–Crippen MR) is 176 cm³/mol. The van der Waals surface area contributed by atoms with Crippen LogP contribution in [0.1, 0.15) is 69.3 Å². The summed E-state index contributed by atoms with van der Waals surface area (Å²) in [7, 11) is 1.52. The van der Waals surface area contributed by atoms with Gasteiger partial charge in [0.25, 0.3) is 0 Å². The van der Waals surface area contributed by atoms with Gasteiger partial charge < -0.3 is 44.4 Å². The Bertz CT molecular complexity index is 1280. The second-order valence-electron chi connectivity index (χ2n) is 13.1. The van der Waals surface area contributed by atoms with Crippen LogP contribution in [0.15, 0.2) is 47.7 Å². The number of rotatable bonds is 19. The van der Waals surface area contributed by atoms with Gasteiger partial charge >= 0.3 is 0 Å². The number of aliphatic hydroxyl groups is 3. The maximum Gasteiger partial charge on any atom is 0.239 e. The first-order valence-electron chi connectivity index (χ1n) is 17.2. The van der Waals surface area contributed by atoms with E-state index < -0.39 is 17.7 Å². The van der Waals surface area contributed by atoms with Crippen molar-refractivity contribution in [1.82, 2.24) is 4.90 Å². The van der Waals surface area contributed by atoms with Gasteiger partial charge in [0.15, 0.2) is 0 Å². The molecule has 1 heterocycles. The third-order valence-electron chi connectivity index (χ3n) is 10.2. The zero-order valence-corrected chi connectivity index (χ0v) is 27.6. The van der Waals surface area contributed by atoms with Gasteiger partial charge in [-0.2, -0.15) is 0 Å². The van der Waals surface area contributed by atoms with Gasteiger partial charge in [-0.05, 0) is 74.1 Å². The number of carbonyl (C=O) groups is 1. The average Bonchev–Trinajstić information content (AvgIpc) is 3.92. The van der Waals surface area contributed by atoms with Crippen molar-refractivity contribution < 1.29 is 44.3 Å². The predicted octanol–water partition coefficient (Wildman–Crippen LogP) is 3.90. The van der Waals surface area contributed by atoms with Crippen molar-refractivity contribution in [2.45, 2.75) is 75.5 Å². The highest BCUT2D eigenvalue weighted by molar-refractivity contribution is 6.03. The summed E-state index contributed by atoms with van der Waals surface area (Å²) in [5.74, 6) is -1.03. The zero-order valence-electron chi connectivity index (χ0n) is 27.6. The Kier molecular flexibility index (Phi) is 12.4. The number of hydrogen-bond donors (Lipinski definition) is 4. The molecule has 1 aromatic carbocycles. The molecular weight excluding hydrogens is 604 g/mol. The van der Waals surface area contributed by atoms with Gasteiger partial charge in [-0.1, -0.05) is 30.1 Å². The van der Waals surface area contributed by atoms with Crippen LogP contribution < -0.4 is 4.74 Å². The van der Waals surface area contributed by atoms with Crippen LogP contribution in [0.2, 0.25) is 0 Å². The molecule has 0 saturated heterocycles. The molecule has 5 rings (SSSR count). The first-order valence-corrected chi connectivity index (χ1v) is 17.2. The van der Waals surface area contributed by atoms with E-state index in [1.54, 1.807) is 24.3 Å². The van der Waals surface area contributed by atoms with E-state index in [0.29, 0.717) is 25.0 Å². The van der Waals surface area contributed by atoms with Gasteiger partial charge in [-0.15, -0.1) is 6.58 Å². The quantitative estimate of drug-likeness (QED) is 0.0988. The van der Waals surface area contributed by atoms with Crippen molar-refractivity contribution in [3.63, 3.8) is 0 Å². The Morgan fingerprint density at radius 2 is 1.87 bits per heavy atom. The molecule has 47 heavy (non-hydrogen) atoms. The maximum absolute atomic E-state index is 14.1. The largest absolute Gasteiger partial charge is 0.508 e. The number of aromatic hydroxyl groups is 1. The van der Waals surface area contributed by atoms with Crippen molar-refractivity contribution >= 4 is 11.6 Å². The lowest BCUT2D eigenvalue weighted by Gasteiger charge is -2.60. The number of hydrogen-bond acceptors (Lipinski definition) is 10. The number of amides is 1. The standard InChI is InChI=1S/C36H52N2O9/c1-3-18-46-36-32(38(14-19-45-20-17-41)35(43)24-10-11-24)23-30(37-44-2)28-21-25(8-4-6-15-39)27(9-5-7-16-40)33(34(28)36)29-22-26(42)12-13-31(29)47-36/h3,12-13,21-22,24-25,27,32-34,39-42H,1,4-11,14-20,23H2,2H3/t25-,27+,32-,33+,34+,36+/m0/s1. The van der Waals surface area contributed by atoms with Crippen molar-refractivity contribution in [1.29, 1.82) is 0 Å². The summed E-state index contributed by atoms with van der Waals surface area (Å²) < 4.78 is 19.6. The number of oxime groups is 1. The maximum atomic E-state index is 14.1. The van der Waals surface area contributed by atoms with E-state index in [1.807, 2.05) is 4.90 Å². The second kappa shape index (κ2) is 16.4. The van der Waals surface area contributed by atoms with Crippen LogP contribution in [0.5, 0.6) is 11.5 Å². The molecule has 4 aliphatic rings. The number of benzene rings is 1. The fourth-order valence-corrected chi connectivity index (χ4v) is 8.08. The molecular formula is C36H52N2O9.